The highest BCUT2D eigenvalue weighted by Crippen LogP contribution is 2.67. The van der Waals surface area contributed by atoms with Gasteiger partial charge in [-0.2, -0.15) is 0 Å². The average Bonchev–Trinajstić information content (AvgIpc) is 3.56. The second-order valence-corrected chi connectivity index (χ2v) is 15.0. The molecule has 5 nitrogen and oxygen atoms in total. The normalized spacial score (nSPS) is 38.6. The third-order valence-corrected chi connectivity index (χ3v) is 11.9. The Morgan fingerprint density at radius 2 is 1.65 bits per heavy atom. The van der Waals surface area contributed by atoms with Crippen molar-refractivity contribution in [1.29, 1.82) is 0 Å². The van der Waals surface area contributed by atoms with Crippen LogP contribution in [0.3, 0.4) is 0 Å². The Hall–Kier alpha value is -1.30. The Kier molecular flexibility index (Phi) is 13.3. The van der Waals surface area contributed by atoms with Crippen molar-refractivity contribution in [1.82, 2.24) is 0 Å². The molecule has 6 heteroatoms. The molecule has 4 aliphatic carbocycles. The molecule has 8 unspecified atom stereocenters. The van der Waals surface area contributed by atoms with Gasteiger partial charge in [0.2, 0.25) is 0 Å². The van der Waals surface area contributed by atoms with Crippen molar-refractivity contribution >= 4 is 19.8 Å². The lowest BCUT2D eigenvalue weighted by molar-refractivity contribution is -0.159. The molecule has 0 aromatic rings. The number of esters is 2. The predicted octanol–water partition coefficient (Wildman–Crippen LogP) is 8.82. The summed E-state index contributed by atoms with van der Waals surface area (Å²) < 4.78 is 16.6. The van der Waals surface area contributed by atoms with Gasteiger partial charge in [0.05, 0.1) is 0 Å². The Balaban J connectivity index is 0.000000555. The maximum absolute atomic E-state index is 12.2. The summed E-state index contributed by atoms with van der Waals surface area (Å²) >= 11 is 0. The van der Waals surface area contributed by atoms with Crippen LogP contribution in [0.25, 0.3) is 0 Å². The third kappa shape index (κ3) is 8.50. The Morgan fingerprint density at radius 1 is 0.953 bits per heavy atom. The SMILES string of the molecule is CC.CC(=O)OC1CC[C@@]2(C)C(=CC(OC(C)=O)C3C4CCC(C(C)CCCC(C)C)[C@@]4(C)CCC32)C1.[B]C1CCCO1. The van der Waals surface area contributed by atoms with Gasteiger partial charge in [-0.25, -0.2) is 0 Å². The predicted molar refractivity (Wildman–Crippen MR) is 176 cm³/mol. The summed E-state index contributed by atoms with van der Waals surface area (Å²) in [5.74, 6) is 3.51. The molecule has 1 saturated heterocycles. The highest BCUT2D eigenvalue weighted by Gasteiger charge is 2.62. The van der Waals surface area contributed by atoms with Crippen molar-refractivity contribution in [2.24, 2.45) is 46.3 Å². The van der Waals surface area contributed by atoms with E-state index in [2.05, 4.69) is 40.7 Å². The van der Waals surface area contributed by atoms with Crippen LogP contribution >= 0.6 is 0 Å². The molecule has 0 spiro atoms. The van der Waals surface area contributed by atoms with Crippen molar-refractivity contribution in [2.45, 2.75) is 158 Å². The van der Waals surface area contributed by atoms with Crippen molar-refractivity contribution in [3.05, 3.63) is 11.6 Å². The number of carbonyl (C=O) groups is 2. The molecular weight excluding hydrogens is 535 g/mol. The van der Waals surface area contributed by atoms with Gasteiger partial charge in [-0.1, -0.05) is 73.3 Å². The molecule has 0 amide bonds. The van der Waals surface area contributed by atoms with E-state index in [1.165, 1.54) is 57.4 Å². The van der Waals surface area contributed by atoms with Crippen molar-refractivity contribution in [2.75, 3.05) is 6.61 Å². The van der Waals surface area contributed by atoms with Crippen LogP contribution in [-0.4, -0.2) is 44.6 Å². The molecule has 0 bridgehead atoms. The zero-order valence-electron chi connectivity index (χ0n) is 29.1. The lowest BCUT2D eigenvalue weighted by Gasteiger charge is -2.59. The number of carbonyl (C=O) groups excluding carboxylic acids is 2. The van der Waals surface area contributed by atoms with E-state index < -0.39 is 0 Å². The fourth-order valence-electron chi connectivity index (χ4n) is 9.86. The Morgan fingerprint density at radius 3 is 2.21 bits per heavy atom. The standard InChI is InChI=1S/C31H50O4.C4H7BO.C2H6/c1-19(2)9-8-10-20(3)25-11-12-26-29-27(14-16-31(25,26)7)30(6)15-13-24(34-21(4)32)17-23(30)18-28(29)35-22(5)33;5-4-2-1-3-6-4;1-2/h18-20,24-29H,8-17H2,1-7H3;4H,1-3H2;1-2H3/t20?,24?,25?,26?,27?,28?,29?,30-,31+;;/m0../s1. The summed E-state index contributed by atoms with van der Waals surface area (Å²) in [6, 6.07) is 0.0463. The van der Waals surface area contributed by atoms with Crippen LogP contribution in [0, 0.1) is 46.3 Å². The highest BCUT2D eigenvalue weighted by atomic mass is 16.5. The maximum atomic E-state index is 12.2. The van der Waals surface area contributed by atoms with Crippen LogP contribution < -0.4 is 0 Å². The average molecular weight is 599 g/mol. The Bertz CT molecular complexity index is 941. The summed E-state index contributed by atoms with van der Waals surface area (Å²) in [7, 11) is 5.31. The van der Waals surface area contributed by atoms with Crippen LogP contribution in [0.5, 0.6) is 0 Å². The van der Waals surface area contributed by atoms with Crippen LogP contribution in [0.4, 0.5) is 0 Å². The quantitative estimate of drug-likeness (QED) is 0.166. The molecule has 3 saturated carbocycles. The summed E-state index contributed by atoms with van der Waals surface area (Å²) in [6.45, 7) is 20.1. The van der Waals surface area contributed by atoms with Gasteiger partial charge in [-0.05, 0) is 97.9 Å². The van der Waals surface area contributed by atoms with E-state index in [0.29, 0.717) is 23.2 Å². The molecule has 4 fully saturated rings. The molecule has 2 radical (unpaired) electrons. The van der Waals surface area contributed by atoms with Crippen molar-refractivity contribution in [3.8, 4) is 0 Å². The zero-order chi connectivity index (χ0) is 31.9. The molecular formula is C37H63BO5. The number of ether oxygens (including phenoxy) is 3. The van der Waals surface area contributed by atoms with Gasteiger partial charge in [0.15, 0.2) is 0 Å². The topological polar surface area (TPSA) is 61.8 Å². The minimum Gasteiger partial charge on any atom is -0.462 e. The molecule has 10 atom stereocenters. The van der Waals surface area contributed by atoms with E-state index in [9.17, 15) is 9.59 Å². The third-order valence-electron chi connectivity index (χ3n) is 11.9. The second kappa shape index (κ2) is 15.8. The lowest BCUT2D eigenvalue weighted by atomic mass is 9.46. The number of fused-ring (bicyclic) bond motifs is 5. The van der Waals surface area contributed by atoms with Gasteiger partial charge in [0.1, 0.15) is 20.1 Å². The van der Waals surface area contributed by atoms with E-state index in [-0.39, 0.29) is 35.6 Å². The van der Waals surface area contributed by atoms with Gasteiger partial charge >= 0.3 is 11.9 Å². The first-order valence-electron chi connectivity index (χ1n) is 17.8. The molecule has 5 rings (SSSR count). The van der Waals surface area contributed by atoms with Crippen molar-refractivity contribution < 1.29 is 23.8 Å². The molecule has 5 aliphatic rings. The summed E-state index contributed by atoms with van der Waals surface area (Å²) in [5, 5.41) is 0. The fourth-order valence-corrected chi connectivity index (χ4v) is 9.86. The molecule has 244 valence electrons. The molecule has 1 heterocycles. The lowest BCUT2D eigenvalue weighted by Crippen LogP contribution is -2.55. The minimum absolute atomic E-state index is 0.0437. The number of hydrogen-bond acceptors (Lipinski definition) is 5. The zero-order valence-corrected chi connectivity index (χ0v) is 29.1. The van der Waals surface area contributed by atoms with Crippen LogP contribution in [-0.2, 0) is 23.8 Å². The molecule has 0 aromatic carbocycles. The van der Waals surface area contributed by atoms with E-state index in [1.807, 2.05) is 13.8 Å². The first-order valence-corrected chi connectivity index (χ1v) is 17.8. The number of hydrogen-bond donors (Lipinski definition) is 0. The second-order valence-electron chi connectivity index (χ2n) is 15.0. The van der Waals surface area contributed by atoms with Crippen molar-refractivity contribution in [3.63, 3.8) is 0 Å². The van der Waals surface area contributed by atoms with Gasteiger partial charge in [0.25, 0.3) is 0 Å². The smallest absolute Gasteiger partial charge is 0.303 e. The van der Waals surface area contributed by atoms with E-state index in [4.69, 9.17) is 22.1 Å². The highest BCUT2D eigenvalue weighted by molar-refractivity contribution is 6.11. The summed E-state index contributed by atoms with van der Waals surface area (Å²) in [4.78, 5) is 23.9. The van der Waals surface area contributed by atoms with Gasteiger partial charge in [-0.3, -0.25) is 9.59 Å². The minimum atomic E-state index is -0.197. The summed E-state index contributed by atoms with van der Waals surface area (Å²) in [6.07, 6.45) is 16.2. The monoisotopic (exact) mass is 598 g/mol. The molecule has 43 heavy (non-hydrogen) atoms. The van der Waals surface area contributed by atoms with Crippen LogP contribution in [0.1, 0.15) is 139 Å². The van der Waals surface area contributed by atoms with Gasteiger partial charge < -0.3 is 14.2 Å². The molecule has 1 aliphatic heterocycles. The first-order chi connectivity index (χ1) is 20.3. The number of rotatable bonds is 7. The molecule has 0 aromatic heterocycles. The molecule has 0 N–H and O–H groups in total. The fraction of sp³-hybridized carbons (Fsp3) is 0.892. The van der Waals surface area contributed by atoms with Crippen LogP contribution in [0.15, 0.2) is 11.6 Å². The Labute approximate surface area is 265 Å². The van der Waals surface area contributed by atoms with E-state index in [0.717, 1.165) is 56.5 Å². The van der Waals surface area contributed by atoms with Crippen LogP contribution in [0.2, 0.25) is 0 Å². The van der Waals surface area contributed by atoms with E-state index in [1.54, 1.807) is 6.92 Å². The largest absolute Gasteiger partial charge is 0.462 e. The van der Waals surface area contributed by atoms with E-state index >= 15 is 0 Å². The van der Waals surface area contributed by atoms with Gasteiger partial charge in [-0.15, -0.1) is 0 Å². The summed E-state index contributed by atoms with van der Waals surface area (Å²) in [5.41, 5.74) is 1.83. The maximum Gasteiger partial charge on any atom is 0.303 e. The first kappa shape index (κ1) is 36.2. The van der Waals surface area contributed by atoms with Gasteiger partial charge in [0, 0.05) is 38.8 Å².